The van der Waals surface area contributed by atoms with Gasteiger partial charge in [0.2, 0.25) is 0 Å². The van der Waals surface area contributed by atoms with Gasteiger partial charge in [0.1, 0.15) is 5.75 Å². The molecule has 0 atom stereocenters. The summed E-state index contributed by atoms with van der Waals surface area (Å²) in [4.78, 5) is 0. The van der Waals surface area contributed by atoms with E-state index in [1.807, 2.05) is 5.48 Å². The molecule has 0 amide bonds. The third-order valence-corrected chi connectivity index (χ3v) is 1.66. The van der Waals surface area contributed by atoms with E-state index in [9.17, 15) is 0 Å². The number of phenols is 1. The van der Waals surface area contributed by atoms with Gasteiger partial charge in [-0.3, -0.25) is 0 Å². The topological polar surface area (TPSA) is 52.5 Å². The average Bonchev–Trinajstić information content (AvgIpc) is 1.95. The lowest BCUT2D eigenvalue weighted by molar-refractivity contribution is 0.161. The Morgan fingerprint density at radius 3 is 2.73 bits per heavy atom. The molecule has 0 bridgehead atoms. The highest BCUT2D eigenvalue weighted by Gasteiger charge is 1.99. The van der Waals surface area contributed by atoms with Crippen LogP contribution >= 0.6 is 11.6 Å². The highest BCUT2D eigenvalue weighted by atomic mass is 35.5. The minimum atomic E-state index is 0.122. The van der Waals surface area contributed by atoms with Crippen molar-refractivity contribution in [2.24, 2.45) is 0 Å². The van der Waals surface area contributed by atoms with Crippen molar-refractivity contribution in [3.8, 4) is 5.75 Å². The molecular formula is C7H8ClNO2. The molecule has 0 aliphatic carbocycles. The summed E-state index contributed by atoms with van der Waals surface area (Å²) in [6, 6.07) is 4.58. The van der Waals surface area contributed by atoms with E-state index in [0.717, 1.165) is 5.56 Å². The van der Waals surface area contributed by atoms with Crippen molar-refractivity contribution in [3.05, 3.63) is 28.8 Å². The Hall–Kier alpha value is -0.770. The van der Waals surface area contributed by atoms with E-state index < -0.39 is 0 Å². The number of hydrogen-bond acceptors (Lipinski definition) is 3. The molecule has 0 heterocycles. The van der Waals surface area contributed by atoms with Gasteiger partial charge in [0.15, 0.2) is 0 Å². The van der Waals surface area contributed by atoms with Gasteiger partial charge in [0.05, 0.1) is 0 Å². The van der Waals surface area contributed by atoms with Crippen LogP contribution in [0, 0.1) is 0 Å². The van der Waals surface area contributed by atoms with Crippen LogP contribution in [0.1, 0.15) is 5.56 Å². The summed E-state index contributed by atoms with van der Waals surface area (Å²) in [6.45, 7) is 0.277. The third-order valence-electron chi connectivity index (χ3n) is 1.31. The Morgan fingerprint density at radius 1 is 1.45 bits per heavy atom. The molecule has 0 radical (unpaired) electrons. The largest absolute Gasteiger partial charge is 0.508 e. The van der Waals surface area contributed by atoms with Crippen LogP contribution in [-0.4, -0.2) is 10.3 Å². The molecule has 0 saturated heterocycles. The minimum absolute atomic E-state index is 0.122. The molecule has 1 aromatic rings. The maximum absolute atomic E-state index is 8.94. The van der Waals surface area contributed by atoms with Crippen molar-refractivity contribution < 1.29 is 10.3 Å². The summed E-state index contributed by atoms with van der Waals surface area (Å²) in [5.74, 6) is 0.122. The summed E-state index contributed by atoms with van der Waals surface area (Å²) < 4.78 is 0. The van der Waals surface area contributed by atoms with Gasteiger partial charge in [0.25, 0.3) is 0 Å². The maximum atomic E-state index is 8.94. The van der Waals surface area contributed by atoms with Crippen LogP contribution in [0.2, 0.25) is 5.02 Å². The van der Waals surface area contributed by atoms with Crippen LogP contribution in [0.3, 0.4) is 0 Å². The van der Waals surface area contributed by atoms with Gasteiger partial charge < -0.3 is 10.3 Å². The molecule has 0 aliphatic heterocycles. The van der Waals surface area contributed by atoms with Crippen molar-refractivity contribution in [1.29, 1.82) is 0 Å². The van der Waals surface area contributed by atoms with E-state index in [1.165, 1.54) is 12.1 Å². The Morgan fingerprint density at radius 2 is 2.18 bits per heavy atom. The number of benzene rings is 1. The first-order valence-electron chi connectivity index (χ1n) is 3.08. The van der Waals surface area contributed by atoms with E-state index >= 15 is 0 Å². The molecule has 1 aromatic carbocycles. The first-order chi connectivity index (χ1) is 5.24. The summed E-state index contributed by atoms with van der Waals surface area (Å²) in [7, 11) is 0. The standard InChI is InChI=1S/C7H8ClNO2/c8-7-3-6(10)2-1-5(7)4-9-11/h1-3,9-11H,4H2. The van der Waals surface area contributed by atoms with Crippen molar-refractivity contribution in [2.75, 3.05) is 0 Å². The Kier molecular flexibility index (Phi) is 2.70. The van der Waals surface area contributed by atoms with Crippen molar-refractivity contribution in [3.63, 3.8) is 0 Å². The Bertz CT molecular complexity index is 252. The van der Waals surface area contributed by atoms with Crippen LogP contribution in [0.5, 0.6) is 5.75 Å². The van der Waals surface area contributed by atoms with Gasteiger partial charge in [-0.25, -0.2) is 5.48 Å². The number of hydroxylamine groups is 1. The second-order valence-corrected chi connectivity index (χ2v) is 2.52. The van der Waals surface area contributed by atoms with Crippen molar-refractivity contribution in [2.45, 2.75) is 6.54 Å². The molecule has 0 saturated carbocycles. The fourth-order valence-electron chi connectivity index (χ4n) is 0.765. The second kappa shape index (κ2) is 3.57. The van der Waals surface area contributed by atoms with E-state index in [0.29, 0.717) is 5.02 Å². The third kappa shape index (κ3) is 2.08. The number of hydrogen-bond donors (Lipinski definition) is 3. The van der Waals surface area contributed by atoms with Gasteiger partial charge >= 0.3 is 0 Å². The summed E-state index contributed by atoms with van der Waals surface area (Å²) in [5.41, 5.74) is 2.72. The number of halogens is 1. The van der Waals surface area contributed by atoms with Crippen LogP contribution in [0.15, 0.2) is 18.2 Å². The van der Waals surface area contributed by atoms with Crippen LogP contribution in [-0.2, 0) is 6.54 Å². The van der Waals surface area contributed by atoms with Gasteiger partial charge in [-0.15, -0.1) is 0 Å². The summed E-state index contributed by atoms with van der Waals surface area (Å²) in [5, 5.41) is 17.7. The molecule has 0 aromatic heterocycles. The van der Waals surface area contributed by atoms with Crippen LogP contribution in [0.25, 0.3) is 0 Å². The van der Waals surface area contributed by atoms with Crippen LogP contribution in [0.4, 0.5) is 0 Å². The fourth-order valence-corrected chi connectivity index (χ4v) is 1.01. The van der Waals surface area contributed by atoms with Crippen LogP contribution < -0.4 is 5.48 Å². The highest BCUT2D eigenvalue weighted by Crippen LogP contribution is 2.20. The number of phenolic OH excluding ortho intramolecular Hbond substituents is 1. The van der Waals surface area contributed by atoms with Gasteiger partial charge in [-0.1, -0.05) is 17.7 Å². The zero-order valence-corrected chi connectivity index (χ0v) is 6.47. The van der Waals surface area contributed by atoms with Gasteiger partial charge in [-0.2, -0.15) is 0 Å². The van der Waals surface area contributed by atoms with E-state index in [-0.39, 0.29) is 12.3 Å². The summed E-state index contributed by atoms with van der Waals surface area (Å²) in [6.07, 6.45) is 0. The number of rotatable bonds is 2. The molecule has 0 fully saturated rings. The van der Waals surface area contributed by atoms with Gasteiger partial charge in [-0.05, 0) is 17.7 Å². The Balaban J connectivity index is 2.90. The predicted molar refractivity (Wildman–Crippen MR) is 41.7 cm³/mol. The fraction of sp³-hybridized carbons (Fsp3) is 0.143. The van der Waals surface area contributed by atoms with Crippen molar-refractivity contribution >= 4 is 11.6 Å². The quantitative estimate of drug-likeness (QED) is 0.595. The minimum Gasteiger partial charge on any atom is -0.508 e. The average molecular weight is 174 g/mol. The SMILES string of the molecule is ONCc1ccc(O)cc1Cl. The lowest BCUT2D eigenvalue weighted by Gasteiger charge is -2.01. The first-order valence-corrected chi connectivity index (χ1v) is 3.46. The smallest absolute Gasteiger partial charge is 0.117 e. The molecule has 3 nitrogen and oxygen atoms in total. The second-order valence-electron chi connectivity index (χ2n) is 2.11. The van der Waals surface area contributed by atoms with E-state index in [2.05, 4.69) is 0 Å². The summed E-state index contributed by atoms with van der Waals surface area (Å²) >= 11 is 5.70. The van der Waals surface area contributed by atoms with Crippen molar-refractivity contribution in [1.82, 2.24) is 5.48 Å². The van der Waals surface area contributed by atoms with Gasteiger partial charge in [0, 0.05) is 11.6 Å². The Labute approximate surface area is 69.2 Å². The predicted octanol–water partition coefficient (Wildman–Crippen LogP) is 1.52. The molecule has 11 heavy (non-hydrogen) atoms. The molecular weight excluding hydrogens is 166 g/mol. The number of nitrogens with one attached hydrogen (secondary N) is 1. The monoisotopic (exact) mass is 173 g/mol. The molecule has 0 unspecified atom stereocenters. The van der Waals surface area contributed by atoms with E-state index in [4.69, 9.17) is 21.9 Å². The molecule has 0 spiro atoms. The molecule has 0 aliphatic rings. The lowest BCUT2D eigenvalue weighted by atomic mass is 10.2. The van der Waals surface area contributed by atoms with E-state index in [1.54, 1.807) is 6.07 Å². The highest BCUT2D eigenvalue weighted by molar-refractivity contribution is 6.31. The number of aromatic hydroxyl groups is 1. The normalized spacial score (nSPS) is 10.0. The molecule has 4 heteroatoms. The molecule has 60 valence electrons. The first kappa shape index (κ1) is 8.33. The maximum Gasteiger partial charge on any atom is 0.117 e. The zero-order chi connectivity index (χ0) is 8.27. The molecule has 1 rings (SSSR count). The lowest BCUT2D eigenvalue weighted by Crippen LogP contribution is -2.06. The molecule has 3 N–H and O–H groups in total. The zero-order valence-electron chi connectivity index (χ0n) is 5.71.